The number of hydrogen-bond acceptors (Lipinski definition) is 0. The fourth-order valence-corrected chi connectivity index (χ4v) is 4.51. The van der Waals surface area contributed by atoms with Crippen LogP contribution in [0.3, 0.4) is 0 Å². The molecule has 0 aliphatic heterocycles. The van der Waals surface area contributed by atoms with Crippen molar-refractivity contribution in [3.8, 4) is 11.1 Å². The molecule has 0 fully saturated rings. The van der Waals surface area contributed by atoms with Crippen LogP contribution in [0.1, 0.15) is 0 Å². The Labute approximate surface area is 167 Å². The maximum Gasteiger partial charge on any atom is 0.0479 e. The van der Waals surface area contributed by atoms with E-state index < -0.39 is 0 Å². The number of aromatic nitrogens is 1. The quantitative estimate of drug-likeness (QED) is 0.280. The lowest BCUT2D eigenvalue weighted by molar-refractivity contribution is 1.54. The molecule has 1 aromatic heterocycles. The molecule has 6 rings (SSSR count). The van der Waals surface area contributed by atoms with Gasteiger partial charge in [-0.3, -0.25) is 0 Å². The second kappa shape index (κ2) is 5.85. The van der Waals surface area contributed by atoms with Gasteiger partial charge in [-0.1, -0.05) is 72.3 Å². The Hall–Kier alpha value is -3.29. The lowest BCUT2D eigenvalue weighted by Crippen LogP contribution is -1.84. The van der Waals surface area contributed by atoms with Crippen molar-refractivity contribution in [1.29, 1.82) is 0 Å². The summed E-state index contributed by atoms with van der Waals surface area (Å²) in [6.07, 6.45) is 0. The van der Waals surface area contributed by atoms with Crippen LogP contribution in [-0.2, 0) is 0 Å². The molecular formula is C26H16ClN. The smallest absolute Gasteiger partial charge is 0.0479 e. The van der Waals surface area contributed by atoms with E-state index in [9.17, 15) is 0 Å². The molecule has 1 heterocycles. The number of halogens is 1. The molecule has 1 N–H and O–H groups in total. The minimum absolute atomic E-state index is 0.750. The Morgan fingerprint density at radius 1 is 0.536 bits per heavy atom. The Kier molecular flexibility index (Phi) is 3.29. The van der Waals surface area contributed by atoms with E-state index in [-0.39, 0.29) is 0 Å². The third-order valence-corrected chi connectivity index (χ3v) is 5.87. The molecule has 2 heteroatoms. The Morgan fingerprint density at radius 2 is 1.32 bits per heavy atom. The van der Waals surface area contributed by atoms with Gasteiger partial charge in [0.1, 0.15) is 0 Å². The minimum atomic E-state index is 0.750. The molecule has 0 saturated carbocycles. The molecule has 0 atom stereocenters. The minimum Gasteiger partial charge on any atom is -0.354 e. The Morgan fingerprint density at radius 3 is 2.21 bits per heavy atom. The monoisotopic (exact) mass is 377 g/mol. The summed E-state index contributed by atoms with van der Waals surface area (Å²) in [5.41, 5.74) is 4.69. The van der Waals surface area contributed by atoms with E-state index in [0.29, 0.717) is 0 Å². The van der Waals surface area contributed by atoms with Crippen molar-refractivity contribution in [2.24, 2.45) is 0 Å². The summed E-state index contributed by atoms with van der Waals surface area (Å²) < 4.78 is 0. The summed E-state index contributed by atoms with van der Waals surface area (Å²) in [5, 5.41) is 8.31. The van der Waals surface area contributed by atoms with Crippen LogP contribution in [0.2, 0.25) is 5.02 Å². The molecule has 0 saturated heterocycles. The first-order valence-corrected chi connectivity index (χ1v) is 9.78. The fourth-order valence-electron chi connectivity index (χ4n) is 4.34. The van der Waals surface area contributed by atoms with Gasteiger partial charge in [0.05, 0.1) is 0 Å². The molecule has 0 aliphatic carbocycles. The molecule has 0 radical (unpaired) electrons. The largest absolute Gasteiger partial charge is 0.354 e. The van der Waals surface area contributed by atoms with E-state index in [1.165, 1.54) is 43.4 Å². The van der Waals surface area contributed by atoms with E-state index in [4.69, 9.17) is 11.6 Å². The van der Waals surface area contributed by atoms with Gasteiger partial charge >= 0.3 is 0 Å². The molecule has 5 aromatic carbocycles. The molecular weight excluding hydrogens is 362 g/mol. The molecule has 28 heavy (non-hydrogen) atoms. The number of benzene rings is 5. The summed E-state index contributed by atoms with van der Waals surface area (Å²) in [4.78, 5) is 3.48. The highest BCUT2D eigenvalue weighted by Crippen LogP contribution is 2.37. The van der Waals surface area contributed by atoms with E-state index in [0.717, 1.165) is 16.1 Å². The normalized spacial score (nSPS) is 11.8. The SMILES string of the molecule is Clc1ccc2c(c1)[nH]c1ccc(-c3cc4ccccc4c4ccccc34)cc12. The first-order chi connectivity index (χ1) is 13.8. The summed E-state index contributed by atoms with van der Waals surface area (Å²) in [7, 11) is 0. The molecule has 132 valence electrons. The molecule has 6 aromatic rings. The fraction of sp³-hybridized carbons (Fsp3) is 0. The summed E-state index contributed by atoms with van der Waals surface area (Å²) >= 11 is 6.17. The van der Waals surface area contributed by atoms with Crippen LogP contribution in [-0.4, -0.2) is 4.98 Å². The van der Waals surface area contributed by atoms with E-state index in [1.54, 1.807) is 0 Å². The maximum absolute atomic E-state index is 6.17. The van der Waals surface area contributed by atoms with Crippen molar-refractivity contribution in [1.82, 2.24) is 4.98 Å². The highest BCUT2D eigenvalue weighted by Gasteiger charge is 2.11. The number of H-pyrrole nitrogens is 1. The maximum atomic E-state index is 6.17. The third kappa shape index (κ3) is 2.27. The van der Waals surface area contributed by atoms with Gasteiger partial charge in [-0.05, 0) is 63.0 Å². The standard InChI is InChI=1S/C26H16ClN/c27-18-10-11-22-24-14-17(9-12-25(24)28-26(22)15-18)23-13-16-5-1-2-6-19(16)20-7-3-4-8-21(20)23/h1-15,28H. The van der Waals surface area contributed by atoms with Crippen LogP contribution in [0.4, 0.5) is 0 Å². The number of aromatic amines is 1. The van der Waals surface area contributed by atoms with Crippen molar-refractivity contribution in [3.63, 3.8) is 0 Å². The van der Waals surface area contributed by atoms with Crippen LogP contribution < -0.4 is 0 Å². The lowest BCUT2D eigenvalue weighted by Gasteiger charge is -2.11. The van der Waals surface area contributed by atoms with Gasteiger partial charge in [0.25, 0.3) is 0 Å². The van der Waals surface area contributed by atoms with Crippen LogP contribution in [0.25, 0.3) is 54.5 Å². The molecule has 1 nitrogen and oxygen atoms in total. The molecule has 0 aliphatic rings. The van der Waals surface area contributed by atoms with Crippen LogP contribution in [0, 0.1) is 0 Å². The number of fused-ring (bicyclic) bond motifs is 6. The number of hydrogen-bond donors (Lipinski definition) is 1. The first-order valence-electron chi connectivity index (χ1n) is 9.40. The number of rotatable bonds is 1. The van der Waals surface area contributed by atoms with Gasteiger partial charge in [0.15, 0.2) is 0 Å². The van der Waals surface area contributed by atoms with Gasteiger partial charge in [0, 0.05) is 26.8 Å². The van der Waals surface area contributed by atoms with Crippen molar-refractivity contribution < 1.29 is 0 Å². The van der Waals surface area contributed by atoms with E-state index in [1.807, 2.05) is 12.1 Å². The first kappa shape index (κ1) is 15.7. The topological polar surface area (TPSA) is 15.8 Å². The lowest BCUT2D eigenvalue weighted by atomic mass is 9.93. The predicted octanol–water partition coefficient (Wildman–Crippen LogP) is 7.95. The zero-order valence-electron chi connectivity index (χ0n) is 15.0. The van der Waals surface area contributed by atoms with Gasteiger partial charge in [-0.15, -0.1) is 0 Å². The molecule has 0 bridgehead atoms. The Bertz CT molecular complexity index is 1520. The van der Waals surface area contributed by atoms with Gasteiger partial charge in [0.2, 0.25) is 0 Å². The summed E-state index contributed by atoms with van der Waals surface area (Å²) in [6, 6.07) is 32.3. The van der Waals surface area contributed by atoms with Crippen LogP contribution >= 0.6 is 11.6 Å². The van der Waals surface area contributed by atoms with Crippen LogP contribution in [0.15, 0.2) is 91.0 Å². The molecule has 0 unspecified atom stereocenters. The van der Waals surface area contributed by atoms with E-state index >= 15 is 0 Å². The third-order valence-electron chi connectivity index (χ3n) is 5.64. The van der Waals surface area contributed by atoms with E-state index in [2.05, 4.69) is 83.8 Å². The second-order valence-corrected chi connectivity index (χ2v) is 7.70. The van der Waals surface area contributed by atoms with Crippen molar-refractivity contribution in [3.05, 3.63) is 96.0 Å². The van der Waals surface area contributed by atoms with Gasteiger partial charge < -0.3 is 4.98 Å². The highest BCUT2D eigenvalue weighted by molar-refractivity contribution is 6.31. The van der Waals surface area contributed by atoms with Gasteiger partial charge in [-0.2, -0.15) is 0 Å². The van der Waals surface area contributed by atoms with Crippen LogP contribution in [0.5, 0.6) is 0 Å². The van der Waals surface area contributed by atoms with Gasteiger partial charge in [-0.25, -0.2) is 0 Å². The van der Waals surface area contributed by atoms with Crippen molar-refractivity contribution in [2.45, 2.75) is 0 Å². The van der Waals surface area contributed by atoms with Crippen molar-refractivity contribution >= 4 is 55.0 Å². The predicted molar refractivity (Wildman–Crippen MR) is 121 cm³/mol. The number of nitrogens with one attached hydrogen (secondary N) is 1. The summed E-state index contributed by atoms with van der Waals surface area (Å²) in [6.45, 7) is 0. The zero-order chi connectivity index (χ0) is 18.7. The zero-order valence-corrected chi connectivity index (χ0v) is 15.8. The summed E-state index contributed by atoms with van der Waals surface area (Å²) in [5.74, 6) is 0. The van der Waals surface area contributed by atoms with Crippen molar-refractivity contribution in [2.75, 3.05) is 0 Å². The molecule has 0 amide bonds. The average Bonchev–Trinajstić information content (AvgIpc) is 3.09. The molecule has 0 spiro atoms. The average molecular weight is 378 g/mol. The second-order valence-electron chi connectivity index (χ2n) is 7.27. The Balaban J connectivity index is 1.70. The highest BCUT2D eigenvalue weighted by atomic mass is 35.5.